The van der Waals surface area contributed by atoms with E-state index in [0.717, 1.165) is 22.3 Å². The van der Waals surface area contributed by atoms with E-state index in [-0.39, 0.29) is 22.8 Å². The van der Waals surface area contributed by atoms with E-state index in [1.165, 1.54) is 24.5 Å². The molecule has 0 saturated carbocycles. The van der Waals surface area contributed by atoms with Crippen LogP contribution in [0.15, 0.2) is 62.3 Å². The second-order valence-corrected chi connectivity index (χ2v) is 14.4. The lowest BCUT2D eigenvalue weighted by Gasteiger charge is -2.39. The molecule has 3 aliphatic rings. The molecule has 37 heavy (non-hydrogen) atoms. The van der Waals surface area contributed by atoms with Crippen LogP contribution in [-0.4, -0.2) is 73.0 Å². The SMILES string of the molecule is Cc1ccc(S(=O)(=O)N=S(C)(=O)N2CC3=C(CN([C@H]4CO[C@H](c5cc(C)ccc5F)[C@@H](N)C4)C3)C2)cc1. The fraction of sp³-hybridized carbons (Fsp3) is 0.462. The summed E-state index contributed by atoms with van der Waals surface area (Å²) in [5, 5.41) is 0. The molecule has 1 unspecified atom stereocenters. The molecule has 3 heterocycles. The van der Waals surface area contributed by atoms with Crippen LogP contribution in [0.1, 0.15) is 29.2 Å². The van der Waals surface area contributed by atoms with Crippen LogP contribution in [-0.2, 0) is 24.7 Å². The summed E-state index contributed by atoms with van der Waals surface area (Å²) < 4.78 is 64.9. The number of hydrogen-bond acceptors (Lipinski definition) is 6. The van der Waals surface area contributed by atoms with Crippen molar-refractivity contribution in [2.24, 2.45) is 9.50 Å². The normalized spacial score (nSPS) is 26.8. The minimum atomic E-state index is -4.04. The molecular weight excluding hydrogens is 515 g/mol. The van der Waals surface area contributed by atoms with Gasteiger partial charge in [0.2, 0.25) is 0 Å². The van der Waals surface area contributed by atoms with Crippen molar-refractivity contribution in [1.29, 1.82) is 0 Å². The molecule has 1 saturated heterocycles. The Kier molecular flexibility index (Phi) is 7.05. The molecular formula is C26H33FN4O4S2. The van der Waals surface area contributed by atoms with Gasteiger partial charge in [0.25, 0.3) is 10.0 Å². The van der Waals surface area contributed by atoms with Crippen molar-refractivity contribution in [3.05, 3.63) is 76.1 Å². The highest BCUT2D eigenvalue weighted by Gasteiger charge is 2.40. The Balaban J connectivity index is 1.22. The molecule has 0 amide bonds. The fourth-order valence-corrected chi connectivity index (χ4v) is 8.80. The van der Waals surface area contributed by atoms with Crippen LogP contribution in [0.2, 0.25) is 0 Å². The third kappa shape index (κ3) is 5.39. The van der Waals surface area contributed by atoms with Crippen LogP contribution in [0.3, 0.4) is 0 Å². The van der Waals surface area contributed by atoms with Gasteiger partial charge >= 0.3 is 0 Å². The lowest BCUT2D eigenvalue weighted by Crippen LogP contribution is -2.49. The first-order valence-electron chi connectivity index (χ1n) is 12.3. The Morgan fingerprint density at radius 3 is 2.22 bits per heavy atom. The molecule has 3 aliphatic heterocycles. The molecule has 0 spiro atoms. The Morgan fingerprint density at radius 2 is 1.59 bits per heavy atom. The molecule has 5 rings (SSSR count). The maximum atomic E-state index is 14.4. The summed E-state index contributed by atoms with van der Waals surface area (Å²) in [7, 11) is -7.18. The Bertz CT molecular complexity index is 1450. The van der Waals surface area contributed by atoms with Gasteiger partial charge < -0.3 is 10.5 Å². The standard InChI is InChI=1S/C26H33FN4O4S2/c1-17-4-7-22(8-5-17)37(33,34)29-36(3,32)31-14-19-12-30(13-20(19)15-31)21-11-25(28)26(35-16-21)23-10-18(2)6-9-24(23)27/h4-10,21,25-26H,11-16,28H2,1-3H3/t21-,25+,26-,36?/m1/s1. The molecule has 11 heteroatoms. The van der Waals surface area contributed by atoms with Gasteiger partial charge in [-0.1, -0.05) is 39.2 Å². The first-order chi connectivity index (χ1) is 17.4. The number of hydrogen-bond donors (Lipinski definition) is 1. The number of benzene rings is 2. The lowest BCUT2D eigenvalue weighted by molar-refractivity contribution is -0.0466. The summed E-state index contributed by atoms with van der Waals surface area (Å²) in [6.07, 6.45) is 1.59. The van der Waals surface area contributed by atoms with E-state index < -0.39 is 26.0 Å². The monoisotopic (exact) mass is 548 g/mol. The molecule has 200 valence electrons. The molecule has 0 bridgehead atoms. The van der Waals surface area contributed by atoms with Gasteiger partial charge in [-0.05, 0) is 49.6 Å². The van der Waals surface area contributed by atoms with Crippen molar-refractivity contribution < 1.29 is 21.8 Å². The molecule has 0 aliphatic carbocycles. The number of ether oxygens (including phenoxy) is 1. The predicted molar refractivity (Wildman–Crippen MR) is 141 cm³/mol. The number of nitrogens with two attached hydrogens (primary N) is 1. The van der Waals surface area contributed by atoms with Gasteiger partial charge in [0.05, 0.1) is 11.5 Å². The summed E-state index contributed by atoms with van der Waals surface area (Å²) in [4.78, 5) is 2.33. The summed E-state index contributed by atoms with van der Waals surface area (Å²) in [5.41, 5.74) is 11.1. The summed E-state index contributed by atoms with van der Waals surface area (Å²) in [6, 6.07) is 11.1. The van der Waals surface area contributed by atoms with Gasteiger partial charge in [-0.3, -0.25) is 4.90 Å². The smallest absolute Gasteiger partial charge is 0.291 e. The number of rotatable bonds is 5. The number of halogens is 1. The van der Waals surface area contributed by atoms with E-state index >= 15 is 0 Å². The lowest BCUT2D eigenvalue weighted by atomic mass is 9.92. The number of sulfonamides is 1. The van der Waals surface area contributed by atoms with Gasteiger partial charge in [0, 0.05) is 50.1 Å². The zero-order valence-electron chi connectivity index (χ0n) is 21.3. The van der Waals surface area contributed by atoms with Gasteiger partial charge in [-0.25, -0.2) is 12.9 Å². The molecule has 2 N–H and O–H groups in total. The van der Waals surface area contributed by atoms with Crippen LogP contribution >= 0.6 is 0 Å². The fourth-order valence-electron chi connectivity index (χ4n) is 5.36. The third-order valence-electron chi connectivity index (χ3n) is 7.43. The average Bonchev–Trinajstić information content (AvgIpc) is 3.41. The minimum absolute atomic E-state index is 0.0380. The predicted octanol–water partition coefficient (Wildman–Crippen LogP) is 2.93. The Labute approximate surface area is 218 Å². The van der Waals surface area contributed by atoms with Gasteiger partial charge in [0.1, 0.15) is 21.8 Å². The first kappa shape index (κ1) is 26.5. The molecule has 4 atom stereocenters. The van der Waals surface area contributed by atoms with Crippen molar-refractivity contribution in [3.8, 4) is 0 Å². The Hall–Kier alpha value is -2.15. The summed E-state index contributed by atoms with van der Waals surface area (Å²) in [5.74, 6) is -0.302. The second kappa shape index (κ2) is 9.87. The van der Waals surface area contributed by atoms with Crippen molar-refractivity contribution in [2.45, 2.75) is 43.4 Å². The van der Waals surface area contributed by atoms with E-state index in [2.05, 4.69) is 8.67 Å². The second-order valence-electron chi connectivity index (χ2n) is 10.4. The first-order valence-corrected chi connectivity index (χ1v) is 15.6. The van der Waals surface area contributed by atoms with Crippen molar-refractivity contribution >= 4 is 19.9 Å². The highest BCUT2D eigenvalue weighted by molar-refractivity contribution is 8.01. The van der Waals surface area contributed by atoms with Gasteiger partial charge in [-0.15, -0.1) is 0 Å². The van der Waals surface area contributed by atoms with Gasteiger partial charge in [0.15, 0.2) is 0 Å². The van der Waals surface area contributed by atoms with E-state index in [1.807, 2.05) is 13.8 Å². The van der Waals surface area contributed by atoms with E-state index in [9.17, 15) is 17.0 Å². The highest BCUT2D eigenvalue weighted by Crippen LogP contribution is 2.35. The van der Waals surface area contributed by atoms with Crippen LogP contribution in [0, 0.1) is 19.7 Å². The highest BCUT2D eigenvalue weighted by atomic mass is 32.3. The molecule has 0 radical (unpaired) electrons. The molecule has 8 nitrogen and oxygen atoms in total. The van der Waals surface area contributed by atoms with Gasteiger partial charge in [-0.2, -0.15) is 8.42 Å². The molecule has 2 aromatic carbocycles. The van der Waals surface area contributed by atoms with Crippen LogP contribution in [0.25, 0.3) is 0 Å². The van der Waals surface area contributed by atoms with Crippen LogP contribution in [0.4, 0.5) is 4.39 Å². The molecule has 2 aromatic rings. The topological polar surface area (TPSA) is 105 Å². The van der Waals surface area contributed by atoms with Crippen LogP contribution in [0.5, 0.6) is 0 Å². The molecule has 0 aromatic heterocycles. The third-order valence-corrected chi connectivity index (χ3v) is 11.4. The van der Waals surface area contributed by atoms with Crippen molar-refractivity contribution in [1.82, 2.24) is 9.21 Å². The van der Waals surface area contributed by atoms with E-state index in [4.69, 9.17) is 10.5 Å². The van der Waals surface area contributed by atoms with Crippen molar-refractivity contribution in [3.63, 3.8) is 0 Å². The Morgan fingerprint density at radius 1 is 0.973 bits per heavy atom. The number of aryl methyl sites for hydroxylation is 2. The summed E-state index contributed by atoms with van der Waals surface area (Å²) >= 11 is 0. The maximum absolute atomic E-state index is 14.4. The average molecular weight is 549 g/mol. The van der Waals surface area contributed by atoms with Crippen LogP contribution < -0.4 is 5.73 Å². The van der Waals surface area contributed by atoms with E-state index in [1.54, 1.807) is 28.6 Å². The molecule has 1 fully saturated rings. The van der Waals surface area contributed by atoms with Crippen molar-refractivity contribution in [2.75, 3.05) is 39.0 Å². The largest absolute Gasteiger partial charge is 0.370 e. The minimum Gasteiger partial charge on any atom is -0.370 e. The number of nitrogens with zero attached hydrogens (tertiary/aromatic N) is 3. The maximum Gasteiger partial charge on any atom is 0.291 e. The van der Waals surface area contributed by atoms with E-state index in [0.29, 0.717) is 44.8 Å². The summed E-state index contributed by atoms with van der Waals surface area (Å²) in [6.45, 7) is 6.40. The zero-order chi connectivity index (χ0) is 26.5. The zero-order valence-corrected chi connectivity index (χ0v) is 22.9. The quantitative estimate of drug-likeness (QED) is 0.576.